The molecular weight excluding hydrogens is 218 g/mol. The Morgan fingerprint density at radius 1 is 1.06 bits per heavy atom. The van der Waals surface area contributed by atoms with Gasteiger partial charge in [0.05, 0.1) is 26.9 Å². The SMILES string of the molecule is COc1cc(OC)c([C@@H](N)C2CC2)c(OC)c1. The summed E-state index contributed by atoms with van der Waals surface area (Å²) < 4.78 is 16.0. The normalized spacial score (nSPS) is 16.5. The predicted molar refractivity (Wildman–Crippen MR) is 65.8 cm³/mol. The summed E-state index contributed by atoms with van der Waals surface area (Å²) in [6.07, 6.45) is 2.36. The summed E-state index contributed by atoms with van der Waals surface area (Å²) in [4.78, 5) is 0. The van der Waals surface area contributed by atoms with Gasteiger partial charge in [-0.05, 0) is 18.8 Å². The fourth-order valence-corrected chi connectivity index (χ4v) is 2.05. The molecule has 0 bridgehead atoms. The van der Waals surface area contributed by atoms with E-state index in [0.717, 1.165) is 17.1 Å². The van der Waals surface area contributed by atoms with Crippen LogP contribution in [0.25, 0.3) is 0 Å². The highest BCUT2D eigenvalue weighted by atomic mass is 16.5. The minimum Gasteiger partial charge on any atom is -0.496 e. The van der Waals surface area contributed by atoms with Crippen LogP contribution in [0.4, 0.5) is 0 Å². The maximum Gasteiger partial charge on any atom is 0.131 e. The number of benzene rings is 1. The Balaban J connectivity index is 2.45. The minimum atomic E-state index is -0.0224. The molecule has 0 spiro atoms. The first-order chi connectivity index (χ1) is 8.21. The van der Waals surface area contributed by atoms with Crippen LogP contribution in [0, 0.1) is 5.92 Å². The zero-order valence-electron chi connectivity index (χ0n) is 10.5. The molecule has 0 aromatic heterocycles. The Kier molecular flexibility index (Phi) is 3.43. The van der Waals surface area contributed by atoms with Gasteiger partial charge in [-0.15, -0.1) is 0 Å². The largest absolute Gasteiger partial charge is 0.496 e. The molecular formula is C13H19NO3. The van der Waals surface area contributed by atoms with Crippen molar-refractivity contribution in [1.82, 2.24) is 0 Å². The molecule has 4 nitrogen and oxygen atoms in total. The molecule has 0 aliphatic heterocycles. The minimum absolute atomic E-state index is 0.0224. The highest BCUT2D eigenvalue weighted by Crippen LogP contribution is 2.46. The monoisotopic (exact) mass is 237 g/mol. The number of ether oxygens (including phenoxy) is 3. The molecule has 1 aromatic rings. The standard InChI is InChI=1S/C13H19NO3/c1-15-9-6-10(16-2)12(11(7-9)17-3)13(14)8-4-5-8/h6-8,13H,4-5,14H2,1-3H3/t13-/m0/s1. The lowest BCUT2D eigenvalue weighted by atomic mass is 10.0. The number of nitrogens with two attached hydrogens (primary N) is 1. The second kappa shape index (κ2) is 4.84. The fourth-order valence-electron chi connectivity index (χ4n) is 2.05. The van der Waals surface area contributed by atoms with Crippen LogP contribution in [0.3, 0.4) is 0 Å². The molecule has 2 N–H and O–H groups in total. The number of rotatable bonds is 5. The lowest BCUT2D eigenvalue weighted by Crippen LogP contribution is -2.15. The molecule has 1 fully saturated rings. The van der Waals surface area contributed by atoms with Gasteiger partial charge in [0.25, 0.3) is 0 Å². The van der Waals surface area contributed by atoms with Crippen LogP contribution in [0.15, 0.2) is 12.1 Å². The van der Waals surface area contributed by atoms with Crippen LogP contribution in [-0.4, -0.2) is 21.3 Å². The Morgan fingerprint density at radius 3 is 1.94 bits per heavy atom. The first-order valence-electron chi connectivity index (χ1n) is 5.76. The topological polar surface area (TPSA) is 53.7 Å². The van der Waals surface area contributed by atoms with Gasteiger partial charge in [0.2, 0.25) is 0 Å². The van der Waals surface area contributed by atoms with Gasteiger partial charge in [-0.1, -0.05) is 0 Å². The van der Waals surface area contributed by atoms with Crippen LogP contribution >= 0.6 is 0 Å². The van der Waals surface area contributed by atoms with Gasteiger partial charge >= 0.3 is 0 Å². The highest BCUT2D eigenvalue weighted by Gasteiger charge is 2.33. The van der Waals surface area contributed by atoms with Gasteiger partial charge in [0.15, 0.2) is 0 Å². The van der Waals surface area contributed by atoms with E-state index in [4.69, 9.17) is 19.9 Å². The van der Waals surface area contributed by atoms with E-state index < -0.39 is 0 Å². The van der Waals surface area contributed by atoms with Crippen molar-refractivity contribution >= 4 is 0 Å². The third kappa shape index (κ3) is 2.31. The Labute approximate surface area is 102 Å². The lowest BCUT2D eigenvalue weighted by Gasteiger charge is -2.19. The molecule has 0 heterocycles. The van der Waals surface area contributed by atoms with E-state index in [2.05, 4.69) is 0 Å². The molecule has 1 aliphatic carbocycles. The van der Waals surface area contributed by atoms with Gasteiger partial charge in [-0.3, -0.25) is 0 Å². The third-order valence-electron chi connectivity index (χ3n) is 3.22. The summed E-state index contributed by atoms with van der Waals surface area (Å²) in [6.45, 7) is 0. The van der Waals surface area contributed by atoms with E-state index >= 15 is 0 Å². The highest BCUT2D eigenvalue weighted by molar-refractivity contribution is 5.52. The van der Waals surface area contributed by atoms with Gasteiger partial charge in [0.1, 0.15) is 17.2 Å². The van der Waals surface area contributed by atoms with Gasteiger partial charge in [-0.25, -0.2) is 0 Å². The predicted octanol–water partition coefficient (Wildman–Crippen LogP) is 2.12. The summed E-state index contributed by atoms with van der Waals surface area (Å²) >= 11 is 0. The molecule has 1 atom stereocenters. The van der Waals surface area contributed by atoms with Crippen molar-refractivity contribution < 1.29 is 14.2 Å². The van der Waals surface area contributed by atoms with Gasteiger partial charge < -0.3 is 19.9 Å². The number of methoxy groups -OCH3 is 3. The molecule has 2 rings (SSSR count). The average Bonchev–Trinajstić information content (AvgIpc) is 3.20. The van der Waals surface area contributed by atoms with E-state index in [1.54, 1.807) is 21.3 Å². The van der Waals surface area contributed by atoms with E-state index in [9.17, 15) is 0 Å². The molecule has 0 amide bonds. The molecule has 0 saturated heterocycles. The van der Waals surface area contributed by atoms with Crippen LogP contribution in [0.5, 0.6) is 17.2 Å². The molecule has 0 unspecified atom stereocenters. The van der Waals surface area contributed by atoms with Crippen molar-refractivity contribution in [3.05, 3.63) is 17.7 Å². The van der Waals surface area contributed by atoms with Crippen molar-refractivity contribution in [3.63, 3.8) is 0 Å². The van der Waals surface area contributed by atoms with E-state index in [1.807, 2.05) is 12.1 Å². The second-order valence-electron chi connectivity index (χ2n) is 4.31. The smallest absolute Gasteiger partial charge is 0.131 e. The summed E-state index contributed by atoms with van der Waals surface area (Å²) in [7, 11) is 4.89. The molecule has 94 valence electrons. The maximum absolute atomic E-state index is 6.24. The van der Waals surface area contributed by atoms with Crippen LogP contribution in [0.1, 0.15) is 24.4 Å². The molecule has 17 heavy (non-hydrogen) atoms. The van der Waals surface area contributed by atoms with Crippen LogP contribution in [-0.2, 0) is 0 Å². The van der Waals surface area contributed by atoms with Crippen molar-refractivity contribution in [3.8, 4) is 17.2 Å². The van der Waals surface area contributed by atoms with E-state index in [-0.39, 0.29) is 6.04 Å². The molecule has 1 aliphatic rings. The maximum atomic E-state index is 6.24. The molecule has 1 aromatic carbocycles. The van der Waals surface area contributed by atoms with Crippen molar-refractivity contribution in [2.45, 2.75) is 18.9 Å². The quantitative estimate of drug-likeness (QED) is 0.852. The molecule has 1 saturated carbocycles. The van der Waals surface area contributed by atoms with Crippen LogP contribution < -0.4 is 19.9 Å². The van der Waals surface area contributed by atoms with Gasteiger partial charge in [0, 0.05) is 18.2 Å². The average molecular weight is 237 g/mol. The van der Waals surface area contributed by atoms with E-state index in [0.29, 0.717) is 11.7 Å². The number of hydrogen-bond acceptors (Lipinski definition) is 4. The first-order valence-corrected chi connectivity index (χ1v) is 5.76. The first kappa shape index (κ1) is 12.0. The summed E-state index contributed by atoms with van der Waals surface area (Å²) in [5.74, 6) is 2.73. The Hall–Kier alpha value is -1.42. The second-order valence-corrected chi connectivity index (χ2v) is 4.31. The summed E-state index contributed by atoms with van der Waals surface area (Å²) in [5.41, 5.74) is 7.19. The Bertz CT molecular complexity index is 377. The lowest BCUT2D eigenvalue weighted by molar-refractivity contribution is 0.361. The van der Waals surface area contributed by atoms with Crippen LogP contribution in [0.2, 0.25) is 0 Å². The zero-order chi connectivity index (χ0) is 12.4. The van der Waals surface area contributed by atoms with Gasteiger partial charge in [-0.2, -0.15) is 0 Å². The number of hydrogen-bond donors (Lipinski definition) is 1. The fraction of sp³-hybridized carbons (Fsp3) is 0.538. The van der Waals surface area contributed by atoms with Crippen molar-refractivity contribution in [1.29, 1.82) is 0 Å². The summed E-state index contributed by atoms with van der Waals surface area (Å²) in [5, 5.41) is 0. The van der Waals surface area contributed by atoms with Crippen molar-refractivity contribution in [2.24, 2.45) is 11.7 Å². The third-order valence-corrected chi connectivity index (χ3v) is 3.22. The zero-order valence-corrected chi connectivity index (χ0v) is 10.5. The van der Waals surface area contributed by atoms with Crippen molar-refractivity contribution in [2.75, 3.05) is 21.3 Å². The molecule has 4 heteroatoms. The Morgan fingerprint density at radius 2 is 1.59 bits per heavy atom. The van der Waals surface area contributed by atoms with E-state index in [1.165, 1.54) is 12.8 Å². The molecule has 0 radical (unpaired) electrons. The summed E-state index contributed by atoms with van der Waals surface area (Å²) in [6, 6.07) is 3.67.